The zero-order valence-electron chi connectivity index (χ0n) is 14.2. The van der Waals surface area contributed by atoms with E-state index in [1.54, 1.807) is 11.9 Å². The summed E-state index contributed by atoms with van der Waals surface area (Å²) < 4.78 is 0. The van der Waals surface area contributed by atoms with E-state index < -0.39 is 0 Å². The molecule has 0 bridgehead atoms. The van der Waals surface area contributed by atoms with Crippen LogP contribution in [0.4, 0.5) is 0 Å². The van der Waals surface area contributed by atoms with E-state index in [4.69, 9.17) is 0 Å². The van der Waals surface area contributed by atoms with Crippen LogP contribution in [0.25, 0.3) is 0 Å². The van der Waals surface area contributed by atoms with Gasteiger partial charge >= 0.3 is 0 Å². The molecule has 0 aliphatic carbocycles. The number of hydrogen-bond donors (Lipinski definition) is 0. The van der Waals surface area contributed by atoms with Gasteiger partial charge in [-0.15, -0.1) is 0 Å². The number of carbonyl (C=O) groups excluding carboxylic acids is 2. The van der Waals surface area contributed by atoms with Crippen LogP contribution in [-0.4, -0.2) is 47.6 Å². The molecule has 0 aromatic heterocycles. The van der Waals surface area contributed by atoms with Gasteiger partial charge in [-0.2, -0.15) is 5.10 Å². The maximum absolute atomic E-state index is 12.2. The molecule has 0 unspecified atom stereocenters. The molecule has 1 aliphatic rings. The summed E-state index contributed by atoms with van der Waals surface area (Å²) in [5.74, 6) is 0.358. The third kappa shape index (κ3) is 4.91. The average Bonchev–Trinajstić information content (AvgIpc) is 3.02. The van der Waals surface area contributed by atoms with E-state index in [9.17, 15) is 9.59 Å². The van der Waals surface area contributed by atoms with Crippen molar-refractivity contribution < 1.29 is 9.59 Å². The summed E-state index contributed by atoms with van der Waals surface area (Å²) in [5, 5.41) is 5.90. The number of rotatable bonds is 6. The monoisotopic (exact) mass is 315 g/mol. The molecule has 2 rings (SSSR count). The molecule has 23 heavy (non-hydrogen) atoms. The molecule has 5 nitrogen and oxygen atoms in total. The van der Waals surface area contributed by atoms with Crippen LogP contribution in [0.15, 0.2) is 35.4 Å². The fraction of sp³-hybridized carbons (Fsp3) is 0.500. The highest BCUT2D eigenvalue weighted by molar-refractivity contribution is 6.02. The van der Waals surface area contributed by atoms with Crippen LogP contribution < -0.4 is 0 Å². The van der Waals surface area contributed by atoms with Crippen LogP contribution in [0.2, 0.25) is 0 Å². The minimum absolute atomic E-state index is 0.0125. The number of benzene rings is 1. The number of carbonyl (C=O) groups is 2. The van der Waals surface area contributed by atoms with E-state index in [2.05, 4.69) is 18.9 Å². The predicted octanol–water partition coefficient (Wildman–Crippen LogP) is 2.52. The SMILES string of the molecule is CC(C)CN(C)C(=O)CCC(=O)N1CCC(c2ccccc2)=N1. The summed E-state index contributed by atoms with van der Waals surface area (Å²) in [6.07, 6.45) is 1.22. The minimum Gasteiger partial charge on any atom is -0.345 e. The molecule has 0 spiro atoms. The van der Waals surface area contributed by atoms with Crippen molar-refractivity contribution in [3.05, 3.63) is 35.9 Å². The maximum atomic E-state index is 12.2. The highest BCUT2D eigenvalue weighted by Gasteiger charge is 2.22. The molecular formula is C18H25N3O2. The Labute approximate surface area is 138 Å². The molecule has 1 aromatic carbocycles. The van der Waals surface area contributed by atoms with Gasteiger partial charge in [-0.3, -0.25) is 9.59 Å². The first-order valence-electron chi connectivity index (χ1n) is 8.14. The van der Waals surface area contributed by atoms with Crippen LogP contribution in [-0.2, 0) is 9.59 Å². The normalized spacial score (nSPS) is 14.1. The fourth-order valence-corrected chi connectivity index (χ4v) is 2.65. The van der Waals surface area contributed by atoms with E-state index >= 15 is 0 Å². The molecule has 0 saturated carbocycles. The standard InChI is InChI=1S/C18H25N3O2/c1-14(2)13-20(3)17(22)9-10-18(23)21-12-11-16(19-21)15-7-5-4-6-8-15/h4-8,14H,9-13H2,1-3H3. The summed E-state index contributed by atoms with van der Waals surface area (Å²) >= 11 is 0. The topological polar surface area (TPSA) is 53.0 Å². The first kappa shape index (κ1) is 17.2. The average molecular weight is 315 g/mol. The van der Waals surface area contributed by atoms with Crippen molar-refractivity contribution in [2.24, 2.45) is 11.0 Å². The second kappa shape index (κ2) is 7.90. The van der Waals surface area contributed by atoms with Gasteiger partial charge in [0.15, 0.2) is 0 Å². The predicted molar refractivity (Wildman–Crippen MR) is 91.0 cm³/mol. The summed E-state index contributed by atoms with van der Waals surface area (Å²) in [5.41, 5.74) is 1.98. The first-order valence-corrected chi connectivity index (χ1v) is 8.14. The highest BCUT2D eigenvalue weighted by Crippen LogP contribution is 2.15. The quantitative estimate of drug-likeness (QED) is 0.810. The third-order valence-corrected chi connectivity index (χ3v) is 3.81. The zero-order valence-corrected chi connectivity index (χ0v) is 14.2. The Balaban J connectivity index is 1.85. The zero-order chi connectivity index (χ0) is 16.8. The van der Waals surface area contributed by atoms with Crippen LogP contribution in [0, 0.1) is 5.92 Å². The van der Waals surface area contributed by atoms with Gasteiger partial charge in [0.05, 0.1) is 12.3 Å². The second-order valence-electron chi connectivity index (χ2n) is 6.35. The van der Waals surface area contributed by atoms with E-state index in [0.717, 1.165) is 17.7 Å². The van der Waals surface area contributed by atoms with Gasteiger partial charge in [0.2, 0.25) is 11.8 Å². The Morgan fingerprint density at radius 2 is 1.91 bits per heavy atom. The highest BCUT2D eigenvalue weighted by atomic mass is 16.2. The number of hydrogen-bond acceptors (Lipinski definition) is 3. The van der Waals surface area contributed by atoms with Crippen molar-refractivity contribution in [1.82, 2.24) is 9.91 Å². The van der Waals surface area contributed by atoms with Gasteiger partial charge in [0, 0.05) is 32.9 Å². The Morgan fingerprint density at radius 3 is 2.57 bits per heavy atom. The van der Waals surface area contributed by atoms with Gasteiger partial charge in [0.25, 0.3) is 0 Å². The van der Waals surface area contributed by atoms with E-state index in [-0.39, 0.29) is 24.7 Å². The summed E-state index contributed by atoms with van der Waals surface area (Å²) in [6, 6.07) is 9.88. The lowest BCUT2D eigenvalue weighted by atomic mass is 10.1. The summed E-state index contributed by atoms with van der Waals surface area (Å²) in [4.78, 5) is 25.9. The number of amides is 2. The summed E-state index contributed by atoms with van der Waals surface area (Å²) in [7, 11) is 1.79. The van der Waals surface area contributed by atoms with Crippen LogP contribution in [0.1, 0.15) is 38.7 Å². The van der Waals surface area contributed by atoms with Gasteiger partial charge in [-0.05, 0) is 11.5 Å². The van der Waals surface area contributed by atoms with E-state index in [1.807, 2.05) is 30.3 Å². The van der Waals surface area contributed by atoms with E-state index in [0.29, 0.717) is 19.0 Å². The maximum Gasteiger partial charge on any atom is 0.243 e. The molecule has 0 saturated heterocycles. The van der Waals surface area contributed by atoms with Crippen molar-refractivity contribution in [3.8, 4) is 0 Å². The molecule has 1 aromatic rings. The lowest BCUT2D eigenvalue weighted by Crippen LogP contribution is -2.31. The Hall–Kier alpha value is -2.17. The van der Waals surface area contributed by atoms with Crippen LogP contribution >= 0.6 is 0 Å². The van der Waals surface area contributed by atoms with Crippen LogP contribution in [0.3, 0.4) is 0 Å². The van der Waals surface area contributed by atoms with Crippen molar-refractivity contribution in [3.63, 3.8) is 0 Å². The molecule has 124 valence electrons. The van der Waals surface area contributed by atoms with Gasteiger partial charge in [-0.1, -0.05) is 44.2 Å². The molecular weight excluding hydrogens is 290 g/mol. The van der Waals surface area contributed by atoms with Gasteiger partial charge in [-0.25, -0.2) is 5.01 Å². The molecule has 5 heteroatoms. The molecule has 1 aliphatic heterocycles. The largest absolute Gasteiger partial charge is 0.345 e. The number of hydrazone groups is 1. The first-order chi connectivity index (χ1) is 11.0. The van der Waals surface area contributed by atoms with Crippen molar-refractivity contribution in [1.29, 1.82) is 0 Å². The molecule has 0 radical (unpaired) electrons. The van der Waals surface area contributed by atoms with Gasteiger partial charge < -0.3 is 4.90 Å². The Kier molecular flexibility index (Phi) is 5.90. The Bertz CT molecular complexity index is 581. The molecule has 0 fully saturated rings. The smallest absolute Gasteiger partial charge is 0.243 e. The molecule has 0 atom stereocenters. The lowest BCUT2D eigenvalue weighted by molar-refractivity contribution is -0.136. The van der Waals surface area contributed by atoms with E-state index in [1.165, 1.54) is 5.01 Å². The second-order valence-corrected chi connectivity index (χ2v) is 6.35. The third-order valence-electron chi connectivity index (χ3n) is 3.81. The molecule has 0 N–H and O–H groups in total. The van der Waals surface area contributed by atoms with Crippen molar-refractivity contribution in [2.45, 2.75) is 33.1 Å². The summed E-state index contributed by atoms with van der Waals surface area (Å²) in [6.45, 7) is 5.45. The molecule has 2 amide bonds. The minimum atomic E-state index is -0.0813. The molecule has 1 heterocycles. The fourth-order valence-electron chi connectivity index (χ4n) is 2.65. The Morgan fingerprint density at radius 1 is 1.22 bits per heavy atom. The van der Waals surface area contributed by atoms with Gasteiger partial charge in [0.1, 0.15) is 0 Å². The van der Waals surface area contributed by atoms with Crippen molar-refractivity contribution in [2.75, 3.05) is 20.1 Å². The number of nitrogens with zero attached hydrogens (tertiary/aromatic N) is 3. The van der Waals surface area contributed by atoms with Crippen LogP contribution in [0.5, 0.6) is 0 Å². The van der Waals surface area contributed by atoms with Crippen molar-refractivity contribution >= 4 is 17.5 Å². The lowest BCUT2D eigenvalue weighted by Gasteiger charge is -2.19.